The number of amides is 1. The van der Waals surface area contributed by atoms with Crippen molar-refractivity contribution in [3.8, 4) is 0 Å². The van der Waals surface area contributed by atoms with Crippen molar-refractivity contribution in [2.45, 2.75) is 19.4 Å². The van der Waals surface area contributed by atoms with Crippen LogP contribution in [0.1, 0.15) is 12.8 Å². The summed E-state index contributed by atoms with van der Waals surface area (Å²) in [5.74, 6) is -1.43. The first kappa shape index (κ1) is 11.7. The number of carboxylic acid groups (broad SMARTS) is 1. The summed E-state index contributed by atoms with van der Waals surface area (Å²) in [7, 11) is 0. The third-order valence-electron chi connectivity index (χ3n) is 3.07. The lowest BCUT2D eigenvalue weighted by molar-refractivity contribution is -0.141. The summed E-state index contributed by atoms with van der Waals surface area (Å²) in [5, 5.41) is 8.84. The maximum Gasteiger partial charge on any atom is 0.308 e. The first-order chi connectivity index (χ1) is 8.16. The zero-order valence-corrected chi connectivity index (χ0v) is 9.58. The van der Waals surface area contributed by atoms with Crippen LogP contribution < -0.4 is 0 Å². The monoisotopic (exact) mass is 236 g/mol. The number of hydrogen-bond acceptors (Lipinski definition) is 2. The molecule has 1 saturated heterocycles. The van der Waals surface area contributed by atoms with Gasteiger partial charge < -0.3 is 14.6 Å². The minimum Gasteiger partial charge on any atom is -0.481 e. The number of aliphatic carboxylic acids is 1. The quantitative estimate of drug-likeness (QED) is 0.823. The number of aryl methyl sites for hydroxylation is 1. The van der Waals surface area contributed by atoms with E-state index in [1.807, 2.05) is 24.5 Å². The number of hydrogen-bond donors (Lipinski definition) is 1. The molecule has 0 bridgehead atoms. The zero-order valence-electron chi connectivity index (χ0n) is 9.58. The van der Waals surface area contributed by atoms with Crippen molar-refractivity contribution in [3.05, 3.63) is 24.5 Å². The van der Waals surface area contributed by atoms with Crippen LogP contribution in [0.15, 0.2) is 24.5 Å². The number of nitrogens with zero attached hydrogens (tertiary/aromatic N) is 2. The van der Waals surface area contributed by atoms with E-state index in [9.17, 15) is 9.59 Å². The highest BCUT2D eigenvalue weighted by Gasteiger charge is 2.33. The summed E-state index contributed by atoms with van der Waals surface area (Å²) < 4.78 is 2.05. The first-order valence-corrected chi connectivity index (χ1v) is 5.78. The van der Waals surface area contributed by atoms with Gasteiger partial charge in [0.2, 0.25) is 5.91 Å². The molecular formula is C12H16N2O3. The molecule has 1 amide bonds. The second kappa shape index (κ2) is 5.03. The van der Waals surface area contributed by atoms with Crippen LogP contribution in [-0.2, 0) is 16.1 Å². The van der Waals surface area contributed by atoms with Gasteiger partial charge in [0.1, 0.15) is 0 Å². The Morgan fingerprint density at radius 1 is 1.35 bits per heavy atom. The highest BCUT2D eigenvalue weighted by atomic mass is 16.4. The van der Waals surface area contributed by atoms with Crippen LogP contribution in [-0.4, -0.2) is 39.5 Å². The van der Waals surface area contributed by atoms with E-state index in [0.717, 1.165) is 13.0 Å². The van der Waals surface area contributed by atoms with Crippen molar-refractivity contribution in [1.82, 2.24) is 9.47 Å². The molecule has 1 aliphatic rings. The normalized spacial score (nSPS) is 19.9. The average molecular weight is 236 g/mol. The summed E-state index contributed by atoms with van der Waals surface area (Å²) in [5.41, 5.74) is 0. The molecule has 1 aromatic heterocycles. The summed E-state index contributed by atoms with van der Waals surface area (Å²) in [6.07, 6.45) is 4.96. The van der Waals surface area contributed by atoms with Crippen molar-refractivity contribution < 1.29 is 14.7 Å². The SMILES string of the molecule is O=C(O)C1CC(=O)N(CCCn2cccc2)C1. The lowest BCUT2D eigenvalue weighted by Gasteiger charge is -2.15. The molecule has 1 atom stereocenters. The van der Waals surface area contributed by atoms with Gasteiger partial charge >= 0.3 is 5.97 Å². The Morgan fingerprint density at radius 3 is 2.65 bits per heavy atom. The van der Waals surface area contributed by atoms with Crippen LogP contribution in [0.25, 0.3) is 0 Å². The lowest BCUT2D eigenvalue weighted by Crippen LogP contribution is -2.28. The lowest BCUT2D eigenvalue weighted by atomic mass is 10.1. The molecule has 0 aromatic carbocycles. The number of likely N-dealkylation sites (tertiary alicyclic amines) is 1. The van der Waals surface area contributed by atoms with Crippen LogP contribution in [0, 0.1) is 5.92 Å². The van der Waals surface area contributed by atoms with E-state index >= 15 is 0 Å². The summed E-state index contributed by atoms with van der Waals surface area (Å²) in [6, 6.07) is 3.92. The van der Waals surface area contributed by atoms with Gasteiger partial charge in [0.15, 0.2) is 0 Å². The van der Waals surface area contributed by atoms with E-state index in [1.54, 1.807) is 4.90 Å². The molecule has 92 valence electrons. The number of rotatable bonds is 5. The number of carboxylic acids is 1. The predicted octanol–water partition coefficient (Wildman–Crippen LogP) is 0.811. The van der Waals surface area contributed by atoms with Gasteiger partial charge in [-0.15, -0.1) is 0 Å². The van der Waals surface area contributed by atoms with E-state index in [-0.39, 0.29) is 12.3 Å². The molecule has 1 fully saturated rings. The summed E-state index contributed by atoms with van der Waals surface area (Å²) in [6.45, 7) is 1.86. The number of carbonyl (C=O) groups excluding carboxylic acids is 1. The maximum absolute atomic E-state index is 11.5. The minimum absolute atomic E-state index is 0.0371. The van der Waals surface area contributed by atoms with Crippen molar-refractivity contribution in [1.29, 1.82) is 0 Å². The Kier molecular flexibility index (Phi) is 3.46. The maximum atomic E-state index is 11.5. The van der Waals surface area contributed by atoms with Gasteiger partial charge in [-0.25, -0.2) is 0 Å². The molecule has 0 aliphatic carbocycles. The smallest absolute Gasteiger partial charge is 0.308 e. The Morgan fingerprint density at radius 2 is 2.06 bits per heavy atom. The largest absolute Gasteiger partial charge is 0.481 e. The Labute approximate surface area is 99.6 Å². The topological polar surface area (TPSA) is 62.5 Å². The fraction of sp³-hybridized carbons (Fsp3) is 0.500. The van der Waals surface area contributed by atoms with E-state index < -0.39 is 11.9 Å². The van der Waals surface area contributed by atoms with Crippen LogP contribution in [0.3, 0.4) is 0 Å². The molecule has 17 heavy (non-hydrogen) atoms. The standard InChI is InChI=1S/C12H16N2O3/c15-11-8-10(12(16)17)9-14(11)7-3-6-13-4-1-2-5-13/h1-2,4-5,10H,3,6-9H2,(H,16,17). The molecule has 0 spiro atoms. The van der Waals surface area contributed by atoms with E-state index in [4.69, 9.17) is 5.11 Å². The van der Waals surface area contributed by atoms with Crippen molar-refractivity contribution in [2.24, 2.45) is 5.92 Å². The van der Waals surface area contributed by atoms with Crippen molar-refractivity contribution >= 4 is 11.9 Å². The first-order valence-electron chi connectivity index (χ1n) is 5.78. The van der Waals surface area contributed by atoms with Crippen LogP contribution in [0.2, 0.25) is 0 Å². The number of carbonyl (C=O) groups is 2. The van der Waals surface area contributed by atoms with Gasteiger partial charge in [0, 0.05) is 38.4 Å². The molecule has 0 saturated carbocycles. The van der Waals surface area contributed by atoms with Gasteiger partial charge in [0.25, 0.3) is 0 Å². The highest BCUT2D eigenvalue weighted by Crippen LogP contribution is 2.18. The Bertz CT molecular complexity index is 400. The van der Waals surface area contributed by atoms with Gasteiger partial charge in [-0.05, 0) is 18.6 Å². The Balaban J connectivity index is 1.76. The van der Waals surface area contributed by atoms with E-state index in [2.05, 4.69) is 4.57 Å². The molecule has 1 aliphatic heterocycles. The molecule has 2 rings (SSSR count). The molecule has 1 N–H and O–H groups in total. The van der Waals surface area contributed by atoms with Crippen molar-refractivity contribution in [3.63, 3.8) is 0 Å². The Hall–Kier alpha value is -1.78. The molecule has 0 radical (unpaired) electrons. The summed E-state index contributed by atoms with van der Waals surface area (Å²) >= 11 is 0. The molecular weight excluding hydrogens is 220 g/mol. The van der Waals surface area contributed by atoms with Crippen molar-refractivity contribution in [2.75, 3.05) is 13.1 Å². The molecule has 5 heteroatoms. The van der Waals surface area contributed by atoms with Crippen LogP contribution >= 0.6 is 0 Å². The third-order valence-corrected chi connectivity index (χ3v) is 3.07. The van der Waals surface area contributed by atoms with Crippen LogP contribution in [0.5, 0.6) is 0 Å². The summed E-state index contributed by atoms with van der Waals surface area (Å²) in [4.78, 5) is 24.0. The minimum atomic E-state index is -0.869. The number of aromatic nitrogens is 1. The third kappa shape index (κ3) is 2.87. The van der Waals surface area contributed by atoms with E-state index in [1.165, 1.54) is 0 Å². The molecule has 1 unspecified atom stereocenters. The molecule has 5 nitrogen and oxygen atoms in total. The average Bonchev–Trinajstić information content (AvgIpc) is 2.89. The second-order valence-corrected chi connectivity index (χ2v) is 4.35. The highest BCUT2D eigenvalue weighted by molar-refractivity contribution is 5.86. The van der Waals surface area contributed by atoms with Gasteiger partial charge in [-0.3, -0.25) is 9.59 Å². The molecule has 1 aromatic rings. The van der Waals surface area contributed by atoms with Gasteiger partial charge in [0.05, 0.1) is 5.92 Å². The van der Waals surface area contributed by atoms with Gasteiger partial charge in [-0.2, -0.15) is 0 Å². The predicted molar refractivity (Wildman–Crippen MR) is 61.4 cm³/mol. The zero-order chi connectivity index (χ0) is 12.3. The fourth-order valence-corrected chi connectivity index (χ4v) is 2.12. The molecule has 2 heterocycles. The van der Waals surface area contributed by atoms with Gasteiger partial charge in [-0.1, -0.05) is 0 Å². The van der Waals surface area contributed by atoms with E-state index in [0.29, 0.717) is 13.1 Å². The fourth-order valence-electron chi connectivity index (χ4n) is 2.12. The van der Waals surface area contributed by atoms with Crippen LogP contribution in [0.4, 0.5) is 0 Å². The second-order valence-electron chi connectivity index (χ2n) is 4.35.